The first-order chi connectivity index (χ1) is 11.2. The van der Waals surface area contributed by atoms with Gasteiger partial charge >= 0.3 is 0 Å². The van der Waals surface area contributed by atoms with Gasteiger partial charge in [0.1, 0.15) is 5.82 Å². The topological polar surface area (TPSA) is 34.0 Å². The number of rotatable bonds is 6. The minimum Gasteiger partial charge on any atom is -0.352 e. The number of aromatic nitrogens is 1. The third-order valence-corrected chi connectivity index (χ3v) is 4.61. The van der Waals surface area contributed by atoms with Crippen molar-refractivity contribution in [1.29, 1.82) is 0 Å². The number of thiophene rings is 1. The van der Waals surface area contributed by atoms with Gasteiger partial charge in [0.2, 0.25) is 5.91 Å². The second-order valence-electron chi connectivity index (χ2n) is 5.27. The van der Waals surface area contributed by atoms with Crippen LogP contribution in [0.15, 0.2) is 66.3 Å². The highest BCUT2D eigenvalue weighted by Crippen LogP contribution is 2.26. The lowest BCUT2D eigenvalue weighted by Crippen LogP contribution is -2.26. The molecule has 0 spiro atoms. The summed E-state index contributed by atoms with van der Waals surface area (Å²) in [5, 5.41) is 4.92. The summed E-state index contributed by atoms with van der Waals surface area (Å²) >= 11 is 1.64. The predicted molar refractivity (Wildman–Crippen MR) is 89.8 cm³/mol. The van der Waals surface area contributed by atoms with Crippen molar-refractivity contribution in [2.45, 2.75) is 19.0 Å². The Labute approximate surface area is 138 Å². The molecule has 0 aliphatic rings. The Hall–Kier alpha value is -2.40. The molecule has 1 N–H and O–H groups in total. The number of halogens is 1. The van der Waals surface area contributed by atoms with Gasteiger partial charge in [0.15, 0.2) is 0 Å². The molecule has 1 aromatic carbocycles. The second kappa shape index (κ2) is 7.24. The SMILES string of the molecule is O=C(C[C@@H](c1cccs1)n1cccc1)NCc1ccc(F)cc1. The monoisotopic (exact) mass is 328 g/mol. The van der Waals surface area contributed by atoms with Crippen LogP contribution in [0.1, 0.15) is 22.9 Å². The molecule has 0 aliphatic carbocycles. The van der Waals surface area contributed by atoms with Gasteiger partial charge < -0.3 is 9.88 Å². The van der Waals surface area contributed by atoms with Crippen molar-refractivity contribution in [3.63, 3.8) is 0 Å². The van der Waals surface area contributed by atoms with E-state index >= 15 is 0 Å². The quantitative estimate of drug-likeness (QED) is 0.729. The number of nitrogens with zero attached hydrogens (tertiary/aromatic N) is 1. The van der Waals surface area contributed by atoms with Gasteiger partial charge in [-0.05, 0) is 41.3 Å². The van der Waals surface area contributed by atoms with E-state index in [1.165, 1.54) is 12.1 Å². The highest BCUT2D eigenvalue weighted by molar-refractivity contribution is 7.10. The number of carbonyl (C=O) groups is 1. The van der Waals surface area contributed by atoms with Crippen molar-refractivity contribution in [3.05, 3.63) is 82.6 Å². The number of benzene rings is 1. The molecule has 2 aromatic heterocycles. The van der Waals surface area contributed by atoms with E-state index in [4.69, 9.17) is 0 Å². The summed E-state index contributed by atoms with van der Waals surface area (Å²) in [5.41, 5.74) is 0.883. The predicted octanol–water partition coefficient (Wildman–Crippen LogP) is 3.98. The summed E-state index contributed by atoms with van der Waals surface area (Å²) < 4.78 is 14.9. The number of hydrogen-bond donors (Lipinski definition) is 1. The second-order valence-corrected chi connectivity index (χ2v) is 6.25. The van der Waals surface area contributed by atoms with Crippen LogP contribution >= 0.6 is 11.3 Å². The Kier molecular flexibility index (Phi) is 4.88. The maximum atomic E-state index is 12.9. The molecule has 3 nitrogen and oxygen atoms in total. The highest BCUT2D eigenvalue weighted by Gasteiger charge is 2.18. The molecule has 0 bridgehead atoms. The number of nitrogens with one attached hydrogen (secondary N) is 1. The minimum atomic E-state index is -0.273. The first kappa shape index (κ1) is 15.5. The molecular weight excluding hydrogens is 311 g/mol. The molecule has 0 saturated carbocycles. The van der Waals surface area contributed by atoms with Gasteiger partial charge in [-0.15, -0.1) is 11.3 Å². The van der Waals surface area contributed by atoms with Crippen LogP contribution in [0, 0.1) is 5.82 Å². The van der Waals surface area contributed by atoms with Gasteiger partial charge in [0.05, 0.1) is 12.5 Å². The molecule has 23 heavy (non-hydrogen) atoms. The summed E-state index contributed by atoms with van der Waals surface area (Å²) in [6.45, 7) is 0.405. The summed E-state index contributed by atoms with van der Waals surface area (Å²) in [4.78, 5) is 13.4. The lowest BCUT2D eigenvalue weighted by Gasteiger charge is -2.17. The van der Waals surface area contributed by atoms with E-state index in [-0.39, 0.29) is 17.8 Å². The summed E-state index contributed by atoms with van der Waals surface area (Å²) in [6, 6.07) is 14.1. The van der Waals surface area contributed by atoms with Gasteiger partial charge in [-0.1, -0.05) is 18.2 Å². The Morgan fingerprint density at radius 1 is 1.13 bits per heavy atom. The van der Waals surface area contributed by atoms with Crippen molar-refractivity contribution < 1.29 is 9.18 Å². The van der Waals surface area contributed by atoms with Gasteiger partial charge in [0, 0.05) is 23.8 Å². The summed E-state index contributed by atoms with van der Waals surface area (Å²) in [7, 11) is 0. The molecule has 0 unspecified atom stereocenters. The minimum absolute atomic E-state index is 0.00165. The van der Waals surface area contributed by atoms with Crippen molar-refractivity contribution >= 4 is 17.2 Å². The molecule has 0 fully saturated rings. The molecule has 1 amide bonds. The van der Waals surface area contributed by atoms with E-state index in [9.17, 15) is 9.18 Å². The molecule has 3 aromatic rings. The zero-order valence-corrected chi connectivity index (χ0v) is 13.3. The lowest BCUT2D eigenvalue weighted by atomic mass is 10.1. The maximum Gasteiger partial charge on any atom is 0.222 e. The van der Waals surface area contributed by atoms with Gasteiger partial charge in [-0.3, -0.25) is 4.79 Å². The van der Waals surface area contributed by atoms with Crippen molar-refractivity contribution in [2.24, 2.45) is 0 Å². The fraction of sp³-hybridized carbons (Fsp3) is 0.167. The van der Waals surface area contributed by atoms with Crippen LogP contribution in [0.5, 0.6) is 0 Å². The highest BCUT2D eigenvalue weighted by atomic mass is 32.1. The van der Waals surface area contributed by atoms with Crippen LogP contribution in [-0.2, 0) is 11.3 Å². The molecule has 118 valence electrons. The maximum absolute atomic E-state index is 12.9. The first-order valence-electron chi connectivity index (χ1n) is 7.39. The van der Waals surface area contributed by atoms with E-state index in [1.54, 1.807) is 23.5 Å². The molecule has 3 rings (SSSR count). The fourth-order valence-electron chi connectivity index (χ4n) is 2.44. The average Bonchev–Trinajstić information content (AvgIpc) is 3.25. The normalized spacial score (nSPS) is 12.0. The molecular formula is C18H17FN2OS. The van der Waals surface area contributed by atoms with Gasteiger partial charge in [0.25, 0.3) is 0 Å². The molecule has 5 heteroatoms. The Morgan fingerprint density at radius 3 is 2.52 bits per heavy atom. The Balaban J connectivity index is 1.63. The smallest absolute Gasteiger partial charge is 0.222 e. The van der Waals surface area contributed by atoms with Gasteiger partial charge in [-0.2, -0.15) is 0 Å². The van der Waals surface area contributed by atoms with Crippen molar-refractivity contribution in [1.82, 2.24) is 9.88 Å². The standard InChI is InChI=1S/C18H17FN2OS/c19-15-7-5-14(6-8-15)13-20-18(22)12-16(17-4-3-11-23-17)21-9-1-2-10-21/h1-11,16H,12-13H2,(H,20,22)/t16-/m0/s1. The van der Waals surface area contributed by atoms with Crippen LogP contribution in [0.25, 0.3) is 0 Å². The fourth-order valence-corrected chi connectivity index (χ4v) is 3.27. The van der Waals surface area contributed by atoms with Crippen molar-refractivity contribution in [2.75, 3.05) is 0 Å². The average molecular weight is 328 g/mol. The van der Waals surface area contributed by atoms with E-state index < -0.39 is 0 Å². The van der Waals surface area contributed by atoms with Crippen LogP contribution in [0.3, 0.4) is 0 Å². The molecule has 0 radical (unpaired) electrons. The van der Waals surface area contributed by atoms with Crippen molar-refractivity contribution in [3.8, 4) is 0 Å². The zero-order chi connectivity index (χ0) is 16.1. The molecule has 2 heterocycles. The molecule has 0 aliphatic heterocycles. The lowest BCUT2D eigenvalue weighted by molar-refractivity contribution is -0.121. The summed E-state index contributed by atoms with van der Waals surface area (Å²) in [5.74, 6) is -0.299. The summed E-state index contributed by atoms with van der Waals surface area (Å²) in [6.07, 6.45) is 4.31. The number of amides is 1. The number of carbonyl (C=O) groups excluding carboxylic acids is 1. The zero-order valence-electron chi connectivity index (χ0n) is 12.5. The van der Waals surface area contributed by atoms with Crippen LogP contribution in [0.2, 0.25) is 0 Å². The number of hydrogen-bond acceptors (Lipinski definition) is 2. The largest absolute Gasteiger partial charge is 0.352 e. The van der Waals surface area contributed by atoms with Crippen LogP contribution < -0.4 is 5.32 Å². The molecule has 0 saturated heterocycles. The first-order valence-corrected chi connectivity index (χ1v) is 8.27. The van der Waals surface area contributed by atoms with Gasteiger partial charge in [-0.25, -0.2) is 4.39 Å². The van der Waals surface area contributed by atoms with E-state index in [0.717, 1.165) is 10.4 Å². The van der Waals surface area contributed by atoms with Crippen LogP contribution in [-0.4, -0.2) is 10.5 Å². The Bertz CT molecular complexity index is 702. The van der Waals surface area contributed by atoms with Crippen LogP contribution in [0.4, 0.5) is 4.39 Å². The third kappa shape index (κ3) is 4.07. The Morgan fingerprint density at radius 2 is 1.87 bits per heavy atom. The molecule has 1 atom stereocenters. The van der Waals surface area contributed by atoms with E-state index in [0.29, 0.717) is 13.0 Å². The third-order valence-electron chi connectivity index (χ3n) is 3.64. The van der Waals surface area contributed by atoms with E-state index in [2.05, 4.69) is 5.32 Å². The van der Waals surface area contributed by atoms with E-state index in [1.807, 2.05) is 46.6 Å².